The summed E-state index contributed by atoms with van der Waals surface area (Å²) in [6, 6.07) is 13.2. The third kappa shape index (κ3) is 3.69. The van der Waals surface area contributed by atoms with Gasteiger partial charge in [-0.05, 0) is 53.4 Å². The van der Waals surface area contributed by atoms with Gasteiger partial charge in [-0.2, -0.15) is 4.72 Å². The van der Waals surface area contributed by atoms with Gasteiger partial charge in [0.15, 0.2) is 0 Å². The zero-order chi connectivity index (χ0) is 17.2. The Morgan fingerprint density at radius 1 is 0.875 bits per heavy atom. The maximum Gasteiger partial charge on any atom is 0.241 e. The van der Waals surface area contributed by atoms with Crippen molar-refractivity contribution in [3.8, 4) is 0 Å². The Bertz CT molecular complexity index is 906. The fourth-order valence-corrected chi connectivity index (χ4v) is 4.32. The average Bonchev–Trinajstić information content (AvgIpc) is 3.08. The minimum atomic E-state index is -3.86. The van der Waals surface area contributed by atoms with E-state index < -0.39 is 27.7 Å². The van der Waals surface area contributed by atoms with Crippen LogP contribution < -0.4 is 4.72 Å². The van der Waals surface area contributed by atoms with Gasteiger partial charge in [0.05, 0.1) is 10.9 Å². The molecule has 3 nitrogen and oxygen atoms in total. The van der Waals surface area contributed by atoms with E-state index in [1.165, 1.54) is 47.7 Å². The number of nitrogens with one attached hydrogen (secondary N) is 1. The largest absolute Gasteiger partial charge is 0.241 e. The van der Waals surface area contributed by atoms with E-state index in [0.29, 0.717) is 5.56 Å². The molecule has 0 saturated carbocycles. The third-order valence-electron chi connectivity index (χ3n) is 3.43. The lowest BCUT2D eigenvalue weighted by Gasteiger charge is -2.18. The maximum absolute atomic E-state index is 13.2. The summed E-state index contributed by atoms with van der Waals surface area (Å²) in [5, 5.41) is 1.83. The van der Waals surface area contributed by atoms with Crippen LogP contribution in [0.3, 0.4) is 0 Å². The van der Waals surface area contributed by atoms with Crippen molar-refractivity contribution in [2.24, 2.45) is 0 Å². The quantitative estimate of drug-likeness (QED) is 0.740. The summed E-state index contributed by atoms with van der Waals surface area (Å²) < 4.78 is 54.0. The molecule has 1 atom stereocenters. The molecule has 0 fully saturated rings. The predicted molar refractivity (Wildman–Crippen MR) is 89.3 cm³/mol. The topological polar surface area (TPSA) is 46.2 Å². The summed E-state index contributed by atoms with van der Waals surface area (Å²) in [6.45, 7) is 0. The molecule has 0 aliphatic heterocycles. The molecule has 1 heterocycles. The highest BCUT2D eigenvalue weighted by Crippen LogP contribution is 2.28. The second-order valence-corrected chi connectivity index (χ2v) is 7.77. The van der Waals surface area contributed by atoms with Crippen LogP contribution in [0, 0.1) is 11.6 Å². The number of hydrogen-bond acceptors (Lipinski definition) is 3. The van der Waals surface area contributed by atoms with Gasteiger partial charge in [-0.25, -0.2) is 17.2 Å². The summed E-state index contributed by atoms with van der Waals surface area (Å²) >= 11 is 1.39. The molecule has 1 aromatic heterocycles. The standard InChI is InChI=1S/C17H13F2NO2S2/c18-13-5-3-12(4-6-13)17(16-2-1-11-23-16)20-24(21,22)15-9-7-14(19)8-10-15/h1-11,17,20H. The highest BCUT2D eigenvalue weighted by molar-refractivity contribution is 7.89. The van der Waals surface area contributed by atoms with Crippen LogP contribution in [-0.2, 0) is 10.0 Å². The van der Waals surface area contributed by atoms with Gasteiger partial charge in [0.2, 0.25) is 10.0 Å². The fraction of sp³-hybridized carbons (Fsp3) is 0.0588. The molecule has 1 unspecified atom stereocenters. The van der Waals surface area contributed by atoms with Crippen molar-refractivity contribution in [2.75, 3.05) is 0 Å². The number of rotatable bonds is 5. The van der Waals surface area contributed by atoms with Crippen molar-refractivity contribution in [1.29, 1.82) is 0 Å². The first kappa shape index (κ1) is 16.8. The Balaban J connectivity index is 1.97. The van der Waals surface area contributed by atoms with E-state index >= 15 is 0 Å². The zero-order valence-corrected chi connectivity index (χ0v) is 14.0. The van der Waals surface area contributed by atoms with Gasteiger partial charge in [0, 0.05) is 4.88 Å². The number of sulfonamides is 1. The summed E-state index contributed by atoms with van der Waals surface area (Å²) in [7, 11) is -3.86. The lowest BCUT2D eigenvalue weighted by Crippen LogP contribution is -2.29. The van der Waals surface area contributed by atoms with Gasteiger partial charge in [0.1, 0.15) is 11.6 Å². The normalized spacial score (nSPS) is 12.9. The average molecular weight is 365 g/mol. The lowest BCUT2D eigenvalue weighted by molar-refractivity contribution is 0.572. The van der Waals surface area contributed by atoms with Crippen LogP contribution in [0.4, 0.5) is 8.78 Å². The first-order valence-corrected chi connectivity index (χ1v) is 9.39. The molecular weight excluding hydrogens is 352 g/mol. The van der Waals surface area contributed by atoms with E-state index in [4.69, 9.17) is 0 Å². The monoisotopic (exact) mass is 365 g/mol. The minimum absolute atomic E-state index is 0.0347. The number of halogens is 2. The molecule has 3 rings (SSSR count). The first-order valence-electron chi connectivity index (χ1n) is 7.02. The minimum Gasteiger partial charge on any atom is -0.207 e. The van der Waals surface area contributed by atoms with Crippen molar-refractivity contribution < 1.29 is 17.2 Å². The SMILES string of the molecule is O=S(=O)(NC(c1ccc(F)cc1)c1cccs1)c1ccc(F)cc1. The molecule has 24 heavy (non-hydrogen) atoms. The van der Waals surface area contributed by atoms with E-state index in [1.807, 2.05) is 11.4 Å². The van der Waals surface area contributed by atoms with Crippen LogP contribution in [0.1, 0.15) is 16.5 Å². The molecule has 7 heteroatoms. The molecule has 3 aromatic rings. The molecule has 0 bridgehead atoms. The van der Waals surface area contributed by atoms with Gasteiger partial charge < -0.3 is 0 Å². The third-order valence-corrected chi connectivity index (χ3v) is 5.80. The van der Waals surface area contributed by atoms with E-state index in [0.717, 1.165) is 17.0 Å². The second-order valence-electron chi connectivity index (χ2n) is 5.08. The van der Waals surface area contributed by atoms with Gasteiger partial charge in [-0.1, -0.05) is 18.2 Å². The van der Waals surface area contributed by atoms with Crippen LogP contribution in [0.5, 0.6) is 0 Å². The Kier molecular flexibility index (Phi) is 4.75. The van der Waals surface area contributed by atoms with Gasteiger partial charge in [0.25, 0.3) is 0 Å². The molecule has 1 N–H and O–H groups in total. The smallest absolute Gasteiger partial charge is 0.207 e. The van der Waals surface area contributed by atoms with Crippen LogP contribution in [-0.4, -0.2) is 8.42 Å². The molecule has 0 amide bonds. The van der Waals surface area contributed by atoms with Crippen molar-refractivity contribution in [1.82, 2.24) is 4.72 Å². The van der Waals surface area contributed by atoms with E-state index in [1.54, 1.807) is 6.07 Å². The summed E-state index contributed by atoms with van der Waals surface area (Å²) in [5.74, 6) is -0.910. The van der Waals surface area contributed by atoms with Gasteiger partial charge >= 0.3 is 0 Å². The van der Waals surface area contributed by atoms with Crippen molar-refractivity contribution in [2.45, 2.75) is 10.9 Å². The van der Waals surface area contributed by atoms with Gasteiger partial charge in [-0.15, -0.1) is 11.3 Å². The molecule has 0 saturated heterocycles. The molecule has 0 spiro atoms. The fourth-order valence-electron chi connectivity index (χ4n) is 2.24. The molecule has 124 valence electrons. The highest BCUT2D eigenvalue weighted by Gasteiger charge is 2.23. The van der Waals surface area contributed by atoms with Crippen molar-refractivity contribution in [3.05, 3.63) is 88.1 Å². The van der Waals surface area contributed by atoms with Gasteiger partial charge in [-0.3, -0.25) is 0 Å². The summed E-state index contributed by atoms with van der Waals surface area (Å²) in [4.78, 5) is 0.736. The Morgan fingerprint density at radius 2 is 1.46 bits per heavy atom. The molecule has 0 aliphatic carbocycles. The summed E-state index contributed by atoms with van der Waals surface area (Å²) in [6.07, 6.45) is 0. The molecule has 2 aromatic carbocycles. The molecular formula is C17H13F2NO2S2. The van der Waals surface area contributed by atoms with E-state index in [9.17, 15) is 17.2 Å². The van der Waals surface area contributed by atoms with E-state index in [-0.39, 0.29) is 4.90 Å². The molecule has 0 aliphatic rings. The maximum atomic E-state index is 13.2. The zero-order valence-electron chi connectivity index (χ0n) is 12.3. The second kappa shape index (κ2) is 6.80. The lowest BCUT2D eigenvalue weighted by atomic mass is 10.1. The predicted octanol–water partition coefficient (Wildman–Crippen LogP) is 4.09. The molecule has 0 radical (unpaired) electrons. The Hall–Kier alpha value is -2.09. The summed E-state index contributed by atoms with van der Waals surface area (Å²) in [5.41, 5.74) is 0.615. The Morgan fingerprint density at radius 3 is 2.00 bits per heavy atom. The van der Waals surface area contributed by atoms with Crippen molar-refractivity contribution in [3.63, 3.8) is 0 Å². The number of thiophene rings is 1. The van der Waals surface area contributed by atoms with Crippen LogP contribution in [0.15, 0.2) is 70.9 Å². The first-order chi connectivity index (χ1) is 11.5. The van der Waals surface area contributed by atoms with Crippen molar-refractivity contribution >= 4 is 21.4 Å². The van der Waals surface area contributed by atoms with Crippen LogP contribution in [0.25, 0.3) is 0 Å². The number of hydrogen-bond donors (Lipinski definition) is 1. The highest BCUT2D eigenvalue weighted by atomic mass is 32.2. The number of benzene rings is 2. The van der Waals surface area contributed by atoms with Crippen LogP contribution >= 0.6 is 11.3 Å². The Labute approximate surface area is 142 Å². The van der Waals surface area contributed by atoms with Crippen LogP contribution in [0.2, 0.25) is 0 Å². The van der Waals surface area contributed by atoms with E-state index in [2.05, 4.69) is 4.72 Å².